The van der Waals surface area contributed by atoms with Crippen molar-refractivity contribution in [3.8, 4) is 5.69 Å². The minimum atomic E-state index is -1.06. The summed E-state index contributed by atoms with van der Waals surface area (Å²) in [4.78, 5) is 28.9. The van der Waals surface area contributed by atoms with Gasteiger partial charge in [-0.2, -0.15) is 5.10 Å². The number of halogens is 1. The number of allylic oxidation sites excluding steroid dienone is 1. The van der Waals surface area contributed by atoms with Crippen LogP contribution in [0, 0.1) is 6.92 Å². The van der Waals surface area contributed by atoms with Gasteiger partial charge < -0.3 is 5.11 Å². The Morgan fingerprint density at radius 1 is 1.19 bits per heavy atom. The van der Waals surface area contributed by atoms with Gasteiger partial charge in [0, 0.05) is 12.1 Å². The number of benzene rings is 2. The number of aromatic carboxylic acids is 1. The van der Waals surface area contributed by atoms with Gasteiger partial charge >= 0.3 is 5.97 Å². The molecule has 2 aromatic heterocycles. The van der Waals surface area contributed by atoms with Crippen LogP contribution >= 0.6 is 11.6 Å². The molecule has 0 bridgehead atoms. The van der Waals surface area contributed by atoms with E-state index in [4.69, 9.17) is 11.6 Å². The van der Waals surface area contributed by atoms with Gasteiger partial charge in [-0.1, -0.05) is 29.8 Å². The highest BCUT2D eigenvalue weighted by atomic mass is 35.5. The molecule has 0 saturated carbocycles. The topological polar surface area (TPSA) is 90.0 Å². The number of para-hydroxylation sites is 1. The number of aryl methyl sites for hydroxylation is 1. The number of nitrogens with zero attached hydrogens (tertiary/aromatic N) is 4. The average Bonchev–Trinajstić information content (AvgIpc) is 3.30. The van der Waals surface area contributed by atoms with Crippen LogP contribution in [-0.2, 0) is 6.54 Å². The predicted octanol–water partition coefficient (Wildman–Crippen LogP) is 4.19. The molecule has 0 saturated heterocycles. The van der Waals surface area contributed by atoms with Crippen LogP contribution in [0.1, 0.15) is 33.9 Å². The Morgan fingerprint density at radius 2 is 1.97 bits per heavy atom. The largest absolute Gasteiger partial charge is 0.478 e. The second-order valence-corrected chi connectivity index (χ2v) is 7.74. The predicted molar refractivity (Wildman–Crippen MR) is 119 cm³/mol. The summed E-state index contributed by atoms with van der Waals surface area (Å²) in [6.07, 6.45) is 2.54. The van der Waals surface area contributed by atoms with E-state index in [0.717, 1.165) is 22.5 Å². The first-order valence-electron chi connectivity index (χ1n) is 9.73. The van der Waals surface area contributed by atoms with Gasteiger partial charge in [-0.15, -0.1) is 0 Å². The summed E-state index contributed by atoms with van der Waals surface area (Å²) >= 11 is 6.65. The van der Waals surface area contributed by atoms with Gasteiger partial charge in [-0.3, -0.25) is 9.36 Å². The maximum atomic E-state index is 12.9. The smallest absolute Gasteiger partial charge is 0.335 e. The van der Waals surface area contributed by atoms with Crippen LogP contribution in [0.2, 0.25) is 5.15 Å². The number of fused-ring (bicyclic) bond motifs is 2. The van der Waals surface area contributed by atoms with E-state index in [-0.39, 0.29) is 11.1 Å². The number of rotatable bonds is 3. The molecule has 2 aromatic carbocycles. The summed E-state index contributed by atoms with van der Waals surface area (Å²) in [5.74, 6) is -0.529. The third-order valence-electron chi connectivity index (χ3n) is 5.46. The fourth-order valence-corrected chi connectivity index (χ4v) is 4.20. The minimum Gasteiger partial charge on any atom is -0.478 e. The summed E-state index contributed by atoms with van der Waals surface area (Å²) < 4.78 is 3.30. The van der Waals surface area contributed by atoms with Gasteiger partial charge in [0.05, 0.1) is 27.8 Å². The van der Waals surface area contributed by atoms with E-state index < -0.39 is 5.97 Å². The molecule has 154 valence electrons. The summed E-state index contributed by atoms with van der Waals surface area (Å²) in [5.41, 5.74) is 3.52. The summed E-state index contributed by atoms with van der Waals surface area (Å²) in [7, 11) is 0. The molecule has 0 amide bonds. The lowest BCUT2D eigenvalue weighted by atomic mass is 10.1. The minimum absolute atomic E-state index is 0.0934. The fraction of sp³-hybridized carbons (Fsp3) is 0.130. The van der Waals surface area contributed by atoms with Crippen LogP contribution in [0.25, 0.3) is 28.2 Å². The van der Waals surface area contributed by atoms with Gasteiger partial charge in [0.1, 0.15) is 11.0 Å². The van der Waals surface area contributed by atoms with Gasteiger partial charge in [0.2, 0.25) is 0 Å². The van der Waals surface area contributed by atoms with Crippen molar-refractivity contribution in [3.05, 3.63) is 86.7 Å². The molecule has 0 atom stereocenters. The van der Waals surface area contributed by atoms with Gasteiger partial charge in [-0.25, -0.2) is 14.5 Å². The molecule has 31 heavy (non-hydrogen) atoms. The maximum Gasteiger partial charge on any atom is 0.335 e. The maximum absolute atomic E-state index is 12.9. The quantitative estimate of drug-likeness (QED) is 0.524. The zero-order valence-electron chi connectivity index (χ0n) is 16.5. The number of hydrogen-bond donors (Lipinski definition) is 1. The Morgan fingerprint density at radius 3 is 2.71 bits per heavy atom. The lowest BCUT2D eigenvalue weighted by molar-refractivity contribution is 0.0697. The van der Waals surface area contributed by atoms with E-state index in [1.807, 2.05) is 43.3 Å². The fourth-order valence-electron chi connectivity index (χ4n) is 3.88. The molecule has 0 radical (unpaired) electrons. The number of carbonyl (C=O) groups is 1. The molecule has 0 spiro atoms. The SMILES string of the molecule is Cc1nn(-c2ccccc2)c(Cl)c1C=C1CCn2c1nc1cc(C(=O)O)ccc1c2=O. The summed E-state index contributed by atoms with van der Waals surface area (Å²) in [6, 6.07) is 14.0. The van der Waals surface area contributed by atoms with Crippen molar-refractivity contribution < 1.29 is 9.90 Å². The van der Waals surface area contributed by atoms with Crippen LogP contribution in [0.3, 0.4) is 0 Å². The zero-order valence-corrected chi connectivity index (χ0v) is 17.3. The van der Waals surface area contributed by atoms with E-state index in [1.165, 1.54) is 18.2 Å². The first kappa shape index (κ1) is 19.3. The number of aromatic nitrogens is 4. The van der Waals surface area contributed by atoms with Gasteiger partial charge in [-0.05, 0) is 55.3 Å². The van der Waals surface area contributed by atoms with E-state index in [0.29, 0.717) is 34.8 Å². The first-order valence-corrected chi connectivity index (χ1v) is 10.1. The van der Waals surface area contributed by atoms with Crippen molar-refractivity contribution in [2.45, 2.75) is 19.9 Å². The zero-order chi connectivity index (χ0) is 21.7. The Bertz CT molecular complexity index is 1450. The van der Waals surface area contributed by atoms with Crippen molar-refractivity contribution in [3.63, 3.8) is 0 Å². The normalized spacial score (nSPS) is 14.3. The second kappa shape index (κ2) is 7.21. The summed E-state index contributed by atoms with van der Waals surface area (Å²) in [5, 5.41) is 14.7. The van der Waals surface area contributed by atoms with Crippen LogP contribution in [0.4, 0.5) is 0 Å². The van der Waals surface area contributed by atoms with Crippen molar-refractivity contribution in [1.29, 1.82) is 0 Å². The Balaban J connectivity index is 1.65. The van der Waals surface area contributed by atoms with E-state index >= 15 is 0 Å². The van der Waals surface area contributed by atoms with Crippen LogP contribution < -0.4 is 5.56 Å². The van der Waals surface area contributed by atoms with Gasteiger partial charge in [0.15, 0.2) is 0 Å². The molecule has 0 fully saturated rings. The molecule has 1 aliphatic heterocycles. The molecule has 5 rings (SSSR count). The van der Waals surface area contributed by atoms with Crippen molar-refractivity contribution in [1.82, 2.24) is 19.3 Å². The third-order valence-corrected chi connectivity index (χ3v) is 5.83. The van der Waals surface area contributed by atoms with Crippen LogP contribution in [0.15, 0.2) is 53.3 Å². The van der Waals surface area contributed by atoms with Crippen molar-refractivity contribution in [2.24, 2.45) is 0 Å². The molecule has 3 heterocycles. The highest BCUT2D eigenvalue weighted by molar-refractivity contribution is 6.31. The number of carboxylic acid groups (broad SMARTS) is 1. The highest BCUT2D eigenvalue weighted by Crippen LogP contribution is 2.32. The monoisotopic (exact) mass is 432 g/mol. The van der Waals surface area contributed by atoms with Crippen molar-refractivity contribution in [2.75, 3.05) is 0 Å². The molecule has 1 N–H and O–H groups in total. The summed E-state index contributed by atoms with van der Waals surface area (Å²) in [6.45, 7) is 2.39. The molecule has 0 aliphatic carbocycles. The molecule has 7 nitrogen and oxygen atoms in total. The number of carboxylic acids is 1. The average molecular weight is 433 g/mol. The van der Waals surface area contributed by atoms with Crippen LogP contribution in [0.5, 0.6) is 0 Å². The second-order valence-electron chi connectivity index (χ2n) is 7.39. The molecule has 1 aliphatic rings. The molecular formula is C23H17ClN4O3. The van der Waals surface area contributed by atoms with Crippen molar-refractivity contribution >= 4 is 40.1 Å². The lowest BCUT2D eigenvalue weighted by Gasteiger charge is -2.06. The molecule has 8 heteroatoms. The molecule has 0 unspecified atom stereocenters. The van der Waals surface area contributed by atoms with E-state index in [1.54, 1.807) is 9.25 Å². The number of hydrogen-bond acceptors (Lipinski definition) is 4. The molecule has 4 aromatic rings. The standard InChI is InChI=1S/C23H17ClN4O3/c1-13-18(20(24)28(26-13)16-5-3-2-4-6-16)11-14-9-10-27-21(14)25-19-12-15(23(30)31)7-8-17(19)22(27)29/h2-8,11-12H,9-10H2,1H3,(H,30,31). The highest BCUT2D eigenvalue weighted by Gasteiger charge is 2.23. The Labute approximate surface area is 181 Å². The lowest BCUT2D eigenvalue weighted by Crippen LogP contribution is -2.21. The Kier molecular flexibility index (Phi) is 4.48. The van der Waals surface area contributed by atoms with Gasteiger partial charge in [0.25, 0.3) is 5.56 Å². The first-order chi connectivity index (χ1) is 14.9. The third kappa shape index (κ3) is 3.14. The Hall–Kier alpha value is -3.71. The van der Waals surface area contributed by atoms with E-state index in [2.05, 4.69) is 10.1 Å². The van der Waals surface area contributed by atoms with Crippen LogP contribution in [-0.4, -0.2) is 30.4 Å². The van der Waals surface area contributed by atoms with E-state index in [9.17, 15) is 14.7 Å². The molecular weight excluding hydrogens is 416 g/mol.